The Morgan fingerprint density at radius 1 is 1.58 bits per heavy atom. The number of halogens is 3. The summed E-state index contributed by atoms with van der Waals surface area (Å²) in [6.07, 6.45) is 0. The number of allylic oxidation sites excluding steroid dienone is 1. The van der Waals surface area contributed by atoms with E-state index >= 15 is 0 Å². The predicted octanol–water partition coefficient (Wildman–Crippen LogP) is 2.01. The first-order valence-corrected chi connectivity index (χ1v) is 4.73. The molecule has 0 aromatic heterocycles. The van der Waals surface area contributed by atoms with Gasteiger partial charge in [-0.2, -0.15) is 13.2 Å². The van der Waals surface area contributed by atoms with Crippen LogP contribution in [0.2, 0.25) is 0 Å². The molecule has 0 radical (unpaired) electrons. The quantitative estimate of drug-likeness (QED) is 0.703. The van der Waals surface area contributed by atoms with Gasteiger partial charge in [0.25, 0.3) is 0 Å². The van der Waals surface area contributed by atoms with Gasteiger partial charge in [0.15, 0.2) is 0 Å². The van der Waals surface area contributed by atoms with Crippen molar-refractivity contribution >= 4 is 23.5 Å². The molecule has 0 spiro atoms. The van der Waals surface area contributed by atoms with E-state index in [1.807, 2.05) is 0 Å². The maximum Gasteiger partial charge on any atom is 0.446 e. The van der Waals surface area contributed by atoms with Gasteiger partial charge in [0, 0.05) is 5.70 Å². The van der Waals surface area contributed by atoms with Crippen molar-refractivity contribution in [2.45, 2.75) is 17.9 Å². The number of nitrogens with two attached hydrogens (primary N) is 1. The van der Waals surface area contributed by atoms with Gasteiger partial charge in [-0.25, -0.2) is 0 Å². The Labute approximate surface area is 76.1 Å². The van der Waals surface area contributed by atoms with Crippen LogP contribution in [0.25, 0.3) is 0 Å². The van der Waals surface area contributed by atoms with Crippen LogP contribution in [0.15, 0.2) is 9.93 Å². The van der Waals surface area contributed by atoms with Crippen molar-refractivity contribution < 1.29 is 13.2 Å². The third-order valence-electron chi connectivity index (χ3n) is 1.11. The maximum atomic E-state index is 11.9. The Morgan fingerprint density at radius 2 is 2.17 bits per heavy atom. The molecule has 0 aliphatic carbocycles. The molecule has 1 heterocycles. The van der Waals surface area contributed by atoms with E-state index in [1.54, 1.807) is 6.92 Å². The molecule has 1 atom stereocenters. The van der Waals surface area contributed by atoms with E-state index in [0.29, 0.717) is 5.70 Å². The van der Waals surface area contributed by atoms with Crippen molar-refractivity contribution in [2.75, 3.05) is 0 Å². The van der Waals surface area contributed by atoms with Gasteiger partial charge in [-0.15, -0.1) is 0 Å². The Bertz CT molecular complexity index is 213. The molecule has 0 saturated heterocycles. The van der Waals surface area contributed by atoms with E-state index in [4.69, 9.17) is 5.73 Å². The zero-order valence-corrected chi connectivity index (χ0v) is 7.74. The Balaban J connectivity index is 2.59. The lowest BCUT2D eigenvalue weighted by atomic mass is 10.6. The topological polar surface area (TPSA) is 38.0 Å². The lowest BCUT2D eigenvalue weighted by Crippen LogP contribution is -2.28. The van der Waals surface area contributed by atoms with Gasteiger partial charge in [-0.3, -0.25) is 0 Å². The SMILES string of the molecule is CC1=C(SC(F)(F)F)SC(N)N1. The summed E-state index contributed by atoms with van der Waals surface area (Å²) in [5.74, 6) is 0. The van der Waals surface area contributed by atoms with Crippen LogP contribution in [0, 0.1) is 0 Å². The molecule has 1 rings (SSSR count). The van der Waals surface area contributed by atoms with Crippen LogP contribution in [-0.4, -0.2) is 11.0 Å². The van der Waals surface area contributed by atoms with E-state index in [2.05, 4.69) is 5.32 Å². The first kappa shape index (κ1) is 10.1. The lowest BCUT2D eigenvalue weighted by Gasteiger charge is -2.05. The zero-order chi connectivity index (χ0) is 9.35. The van der Waals surface area contributed by atoms with E-state index < -0.39 is 11.0 Å². The van der Waals surface area contributed by atoms with E-state index in [1.165, 1.54) is 0 Å². The van der Waals surface area contributed by atoms with E-state index in [9.17, 15) is 13.2 Å². The van der Waals surface area contributed by atoms with Gasteiger partial charge in [0.2, 0.25) is 0 Å². The third kappa shape index (κ3) is 2.80. The summed E-state index contributed by atoms with van der Waals surface area (Å²) >= 11 is 0.866. The van der Waals surface area contributed by atoms with Crippen molar-refractivity contribution in [3.63, 3.8) is 0 Å². The first-order chi connectivity index (χ1) is 5.38. The Hall–Kier alpha value is -0.0100. The minimum Gasteiger partial charge on any atom is -0.363 e. The second-order valence-electron chi connectivity index (χ2n) is 2.14. The summed E-state index contributed by atoms with van der Waals surface area (Å²) in [7, 11) is 0. The van der Waals surface area contributed by atoms with Crippen LogP contribution in [0.1, 0.15) is 6.92 Å². The summed E-state index contributed by atoms with van der Waals surface area (Å²) in [4.78, 5) is 0. The molecule has 0 bridgehead atoms. The molecule has 0 saturated carbocycles. The maximum absolute atomic E-state index is 11.9. The second-order valence-corrected chi connectivity index (χ2v) is 4.63. The van der Waals surface area contributed by atoms with Gasteiger partial charge in [-0.05, 0) is 18.7 Å². The molecule has 0 amide bonds. The molecule has 1 unspecified atom stereocenters. The monoisotopic (exact) mass is 216 g/mol. The fourth-order valence-corrected chi connectivity index (χ4v) is 2.62. The summed E-state index contributed by atoms with van der Waals surface area (Å²) in [5, 5.41) is 2.69. The Kier molecular flexibility index (Phi) is 2.84. The van der Waals surface area contributed by atoms with Gasteiger partial charge in [-0.1, -0.05) is 11.8 Å². The highest BCUT2D eigenvalue weighted by atomic mass is 32.2. The molecule has 70 valence electrons. The van der Waals surface area contributed by atoms with Crippen molar-refractivity contribution in [1.82, 2.24) is 5.32 Å². The molecule has 0 aromatic rings. The smallest absolute Gasteiger partial charge is 0.363 e. The highest BCUT2D eigenvalue weighted by Gasteiger charge is 2.34. The predicted molar refractivity (Wildman–Crippen MR) is 45.0 cm³/mol. The van der Waals surface area contributed by atoms with Gasteiger partial charge in [0.05, 0.1) is 4.24 Å². The zero-order valence-electron chi connectivity index (χ0n) is 6.11. The van der Waals surface area contributed by atoms with E-state index in [-0.39, 0.29) is 16.0 Å². The lowest BCUT2D eigenvalue weighted by molar-refractivity contribution is -0.0320. The molecular weight excluding hydrogens is 209 g/mol. The number of rotatable bonds is 1. The van der Waals surface area contributed by atoms with Gasteiger partial charge >= 0.3 is 5.51 Å². The normalized spacial score (nSPS) is 24.6. The van der Waals surface area contributed by atoms with E-state index in [0.717, 1.165) is 11.8 Å². The Morgan fingerprint density at radius 3 is 2.50 bits per heavy atom. The van der Waals surface area contributed by atoms with Crippen LogP contribution in [0.5, 0.6) is 0 Å². The average molecular weight is 216 g/mol. The molecule has 2 nitrogen and oxygen atoms in total. The molecule has 12 heavy (non-hydrogen) atoms. The highest BCUT2D eigenvalue weighted by Crippen LogP contribution is 2.45. The third-order valence-corrected chi connectivity index (χ3v) is 3.26. The second kappa shape index (κ2) is 3.39. The molecule has 7 heteroatoms. The molecule has 0 fully saturated rings. The van der Waals surface area contributed by atoms with Crippen molar-refractivity contribution in [2.24, 2.45) is 5.73 Å². The first-order valence-electron chi connectivity index (χ1n) is 3.04. The summed E-state index contributed by atoms with van der Waals surface area (Å²) in [6, 6.07) is 0. The largest absolute Gasteiger partial charge is 0.446 e. The van der Waals surface area contributed by atoms with Gasteiger partial charge in [0.1, 0.15) is 5.50 Å². The fraction of sp³-hybridized carbons (Fsp3) is 0.600. The van der Waals surface area contributed by atoms with Crippen LogP contribution >= 0.6 is 23.5 Å². The number of hydrogen-bond donors (Lipinski definition) is 2. The van der Waals surface area contributed by atoms with Crippen LogP contribution in [0.4, 0.5) is 13.2 Å². The number of thioether (sulfide) groups is 2. The van der Waals surface area contributed by atoms with Crippen molar-refractivity contribution in [1.29, 1.82) is 0 Å². The highest BCUT2D eigenvalue weighted by molar-refractivity contribution is 8.23. The van der Waals surface area contributed by atoms with Crippen LogP contribution < -0.4 is 11.1 Å². The van der Waals surface area contributed by atoms with Crippen molar-refractivity contribution in [3.05, 3.63) is 9.93 Å². The van der Waals surface area contributed by atoms with Crippen molar-refractivity contribution in [3.8, 4) is 0 Å². The minimum atomic E-state index is -4.23. The van der Waals surface area contributed by atoms with Gasteiger partial charge < -0.3 is 11.1 Å². The molecule has 1 aliphatic rings. The summed E-state index contributed by atoms with van der Waals surface area (Å²) < 4.78 is 35.8. The van der Waals surface area contributed by atoms with Crippen LogP contribution in [-0.2, 0) is 0 Å². The number of nitrogens with one attached hydrogen (secondary N) is 1. The minimum absolute atomic E-state index is 0.124. The standard InChI is InChI=1S/C5H7F3N2S2/c1-2-3(11-4(9)10-2)12-5(6,7)8/h4,10H,9H2,1H3. The molecule has 3 N–H and O–H groups in total. The number of alkyl halides is 3. The molecule has 1 aliphatic heterocycles. The summed E-state index contributed by atoms with van der Waals surface area (Å²) in [5.41, 5.74) is 1.18. The average Bonchev–Trinajstić information content (AvgIpc) is 2.06. The number of hydrogen-bond acceptors (Lipinski definition) is 4. The van der Waals surface area contributed by atoms with Crippen LogP contribution in [0.3, 0.4) is 0 Å². The molecular formula is C5H7F3N2S2. The molecule has 0 aromatic carbocycles. The fourth-order valence-electron chi connectivity index (χ4n) is 0.711. The summed E-state index contributed by atoms with van der Waals surface area (Å²) in [6.45, 7) is 1.58.